The third kappa shape index (κ3) is 15.8. The van der Waals surface area contributed by atoms with Crippen molar-refractivity contribution in [3.8, 4) is 0 Å². The summed E-state index contributed by atoms with van der Waals surface area (Å²) >= 11 is 0. The van der Waals surface area contributed by atoms with E-state index in [-0.39, 0.29) is 12.6 Å². The lowest BCUT2D eigenvalue weighted by Gasteiger charge is -2.07. The van der Waals surface area contributed by atoms with E-state index in [0.29, 0.717) is 19.6 Å². The van der Waals surface area contributed by atoms with E-state index in [1.54, 1.807) is 0 Å². The lowest BCUT2D eigenvalue weighted by atomic mass is 10.1. The van der Waals surface area contributed by atoms with E-state index < -0.39 is 6.09 Å². The first-order chi connectivity index (χ1) is 14.7. The molecule has 0 atom stereocenters. The number of rotatable bonds is 18. The molecule has 0 aliphatic heterocycles. The van der Waals surface area contributed by atoms with Crippen LogP contribution in [0.4, 0.5) is 4.79 Å². The first kappa shape index (κ1) is 26.0. The van der Waals surface area contributed by atoms with E-state index in [9.17, 15) is 9.59 Å². The van der Waals surface area contributed by atoms with E-state index in [0.717, 1.165) is 37.7 Å². The Bertz CT molecular complexity index is 547. The Labute approximate surface area is 182 Å². The minimum absolute atomic E-state index is 0.107. The highest BCUT2D eigenvalue weighted by atomic mass is 16.5. The monoisotopic (exact) mass is 419 g/mol. The van der Waals surface area contributed by atoms with Crippen molar-refractivity contribution in [2.24, 2.45) is 0 Å². The minimum Gasteiger partial charge on any atom is -0.466 e. The van der Waals surface area contributed by atoms with Crippen LogP contribution in [0.2, 0.25) is 0 Å². The van der Waals surface area contributed by atoms with Crippen molar-refractivity contribution >= 4 is 12.1 Å². The van der Waals surface area contributed by atoms with Crippen LogP contribution in [0, 0.1) is 0 Å². The number of amides is 1. The molecule has 1 amide bonds. The van der Waals surface area contributed by atoms with Gasteiger partial charge in [-0.3, -0.25) is 4.79 Å². The second kappa shape index (κ2) is 19.0. The fourth-order valence-electron chi connectivity index (χ4n) is 3.21. The number of carbonyl (C=O) groups excluding carboxylic acids is 2. The predicted molar refractivity (Wildman–Crippen MR) is 121 cm³/mol. The molecule has 1 aromatic carbocycles. The van der Waals surface area contributed by atoms with Gasteiger partial charge in [-0.05, 0) is 24.8 Å². The topological polar surface area (TPSA) is 64.6 Å². The number of ether oxygens (including phenoxy) is 2. The van der Waals surface area contributed by atoms with E-state index in [4.69, 9.17) is 9.47 Å². The van der Waals surface area contributed by atoms with Gasteiger partial charge in [0.05, 0.1) is 6.61 Å². The fraction of sp³-hybridized carbons (Fsp3) is 0.680. The summed E-state index contributed by atoms with van der Waals surface area (Å²) in [6.45, 7) is 3.62. The maximum Gasteiger partial charge on any atom is 0.407 e. The summed E-state index contributed by atoms with van der Waals surface area (Å²) in [6, 6.07) is 9.59. The molecule has 0 saturated carbocycles. The summed E-state index contributed by atoms with van der Waals surface area (Å²) in [5.74, 6) is -0.107. The molecule has 30 heavy (non-hydrogen) atoms. The van der Waals surface area contributed by atoms with Gasteiger partial charge >= 0.3 is 12.1 Å². The van der Waals surface area contributed by atoms with Gasteiger partial charge in [-0.25, -0.2) is 4.79 Å². The third-order valence-corrected chi connectivity index (χ3v) is 5.05. The number of esters is 1. The number of hydrogen-bond donors (Lipinski definition) is 1. The number of unbranched alkanes of at least 4 members (excludes halogenated alkanes) is 10. The maximum atomic E-state index is 11.7. The Hall–Kier alpha value is -2.04. The zero-order chi connectivity index (χ0) is 21.7. The molecule has 0 bridgehead atoms. The van der Waals surface area contributed by atoms with E-state index in [2.05, 4.69) is 12.2 Å². The van der Waals surface area contributed by atoms with Gasteiger partial charge in [-0.15, -0.1) is 0 Å². The summed E-state index contributed by atoms with van der Waals surface area (Å²) < 4.78 is 10.4. The highest BCUT2D eigenvalue weighted by Crippen LogP contribution is 2.10. The molecule has 0 heterocycles. The quantitative estimate of drug-likeness (QED) is 0.216. The third-order valence-electron chi connectivity index (χ3n) is 5.05. The van der Waals surface area contributed by atoms with Gasteiger partial charge in [0, 0.05) is 13.0 Å². The lowest BCUT2D eigenvalue weighted by molar-refractivity contribution is -0.143. The van der Waals surface area contributed by atoms with Crippen molar-refractivity contribution in [2.75, 3.05) is 13.2 Å². The van der Waals surface area contributed by atoms with Crippen molar-refractivity contribution in [3.63, 3.8) is 0 Å². The van der Waals surface area contributed by atoms with Crippen molar-refractivity contribution in [2.45, 2.75) is 97.0 Å². The van der Waals surface area contributed by atoms with Gasteiger partial charge < -0.3 is 14.8 Å². The van der Waals surface area contributed by atoms with Gasteiger partial charge in [0.25, 0.3) is 0 Å². The Morgan fingerprint density at radius 3 is 2.10 bits per heavy atom. The standard InChI is InChI=1S/C25H41NO4/c1-2-3-4-5-6-7-8-9-16-21-29-24(27)19-14-11-15-20-26-25(28)30-22-23-17-12-10-13-18-23/h10,12-13,17-18H,2-9,11,14-16,19-22H2,1H3,(H,26,28). The maximum absolute atomic E-state index is 11.7. The lowest BCUT2D eigenvalue weighted by Crippen LogP contribution is -2.25. The molecule has 0 spiro atoms. The van der Waals surface area contributed by atoms with Crippen LogP contribution >= 0.6 is 0 Å². The predicted octanol–water partition coefficient (Wildman–Crippen LogP) is 6.55. The molecule has 0 aliphatic carbocycles. The van der Waals surface area contributed by atoms with Crippen LogP contribution in [0.3, 0.4) is 0 Å². The number of hydrogen-bond acceptors (Lipinski definition) is 4. The van der Waals surface area contributed by atoms with Gasteiger partial charge in [-0.2, -0.15) is 0 Å². The molecule has 5 heteroatoms. The summed E-state index contributed by atoms with van der Waals surface area (Å²) in [5.41, 5.74) is 0.966. The Balaban J connectivity index is 1.83. The molecule has 1 aromatic rings. The van der Waals surface area contributed by atoms with Crippen LogP contribution in [-0.4, -0.2) is 25.2 Å². The molecule has 1 rings (SSSR count). The van der Waals surface area contributed by atoms with Crippen LogP contribution in [0.25, 0.3) is 0 Å². The van der Waals surface area contributed by atoms with Gasteiger partial charge in [0.2, 0.25) is 0 Å². The second-order valence-electron chi connectivity index (χ2n) is 7.85. The number of nitrogens with one attached hydrogen (secondary N) is 1. The number of carbonyl (C=O) groups is 2. The molecule has 170 valence electrons. The Morgan fingerprint density at radius 1 is 0.767 bits per heavy atom. The van der Waals surface area contributed by atoms with Crippen LogP contribution < -0.4 is 5.32 Å². The second-order valence-corrected chi connectivity index (χ2v) is 7.85. The van der Waals surface area contributed by atoms with Crippen LogP contribution in [0.1, 0.15) is 96.0 Å². The molecular weight excluding hydrogens is 378 g/mol. The number of benzene rings is 1. The van der Waals surface area contributed by atoms with Crippen molar-refractivity contribution in [1.29, 1.82) is 0 Å². The zero-order valence-corrected chi connectivity index (χ0v) is 18.8. The van der Waals surface area contributed by atoms with Crippen LogP contribution in [-0.2, 0) is 20.9 Å². The molecule has 0 radical (unpaired) electrons. The molecule has 0 aliphatic rings. The van der Waals surface area contributed by atoms with Gasteiger partial charge in [0.1, 0.15) is 6.61 Å². The molecule has 1 N–H and O–H groups in total. The van der Waals surface area contributed by atoms with E-state index in [1.807, 2.05) is 30.3 Å². The highest BCUT2D eigenvalue weighted by Gasteiger charge is 2.04. The summed E-state index contributed by atoms with van der Waals surface area (Å²) in [6.07, 6.45) is 13.9. The van der Waals surface area contributed by atoms with Crippen LogP contribution in [0.5, 0.6) is 0 Å². The Kier molecular flexibility index (Phi) is 16.4. The largest absolute Gasteiger partial charge is 0.466 e. The average molecular weight is 420 g/mol. The summed E-state index contributed by atoms with van der Waals surface area (Å²) in [4.78, 5) is 23.3. The van der Waals surface area contributed by atoms with Crippen molar-refractivity contribution < 1.29 is 19.1 Å². The molecule has 0 saturated heterocycles. The number of alkyl carbamates (subject to hydrolysis) is 1. The molecule has 5 nitrogen and oxygen atoms in total. The molecular formula is C25H41NO4. The Morgan fingerprint density at radius 2 is 1.40 bits per heavy atom. The first-order valence-electron chi connectivity index (χ1n) is 11.8. The van der Waals surface area contributed by atoms with E-state index in [1.165, 1.54) is 44.9 Å². The van der Waals surface area contributed by atoms with Crippen molar-refractivity contribution in [3.05, 3.63) is 35.9 Å². The normalized spacial score (nSPS) is 10.6. The molecule has 0 fully saturated rings. The fourth-order valence-corrected chi connectivity index (χ4v) is 3.21. The van der Waals surface area contributed by atoms with Crippen LogP contribution in [0.15, 0.2) is 30.3 Å². The zero-order valence-electron chi connectivity index (χ0n) is 18.8. The first-order valence-corrected chi connectivity index (χ1v) is 11.8. The smallest absolute Gasteiger partial charge is 0.407 e. The molecule has 0 unspecified atom stereocenters. The summed E-state index contributed by atoms with van der Waals surface area (Å²) in [7, 11) is 0. The van der Waals surface area contributed by atoms with Gasteiger partial charge in [0.15, 0.2) is 0 Å². The SMILES string of the molecule is CCCCCCCCCCCOC(=O)CCCCCNC(=O)OCc1ccccc1. The average Bonchev–Trinajstić information content (AvgIpc) is 2.76. The van der Waals surface area contributed by atoms with Gasteiger partial charge in [-0.1, -0.05) is 95.0 Å². The molecule has 0 aromatic heterocycles. The van der Waals surface area contributed by atoms with Crippen molar-refractivity contribution in [1.82, 2.24) is 5.32 Å². The van der Waals surface area contributed by atoms with E-state index >= 15 is 0 Å². The summed E-state index contributed by atoms with van der Waals surface area (Å²) in [5, 5.41) is 2.74. The highest BCUT2D eigenvalue weighted by molar-refractivity contribution is 5.69. The minimum atomic E-state index is -0.403.